The van der Waals surface area contributed by atoms with Crippen LogP contribution in [-0.2, 0) is 11.2 Å². The van der Waals surface area contributed by atoms with Gasteiger partial charge in [-0.25, -0.2) is 4.98 Å². The quantitative estimate of drug-likeness (QED) is 0.189. The Morgan fingerprint density at radius 1 is 1.39 bits per heavy atom. The van der Waals surface area contributed by atoms with Gasteiger partial charge in [0.25, 0.3) is 0 Å². The molecule has 126 valence electrons. The smallest absolute Gasteiger partial charge is 0.389 e. The molecular formula is C12H16F3N6O2+. The Bertz CT molecular complexity index is 587. The van der Waals surface area contributed by atoms with Crippen LogP contribution in [0.15, 0.2) is 28.7 Å². The molecule has 11 heteroatoms. The molecule has 0 fully saturated rings. The highest BCUT2D eigenvalue weighted by atomic mass is 19.4. The number of hydrogen-bond donors (Lipinski definition) is 4. The summed E-state index contributed by atoms with van der Waals surface area (Å²) in [5.41, 5.74) is 5.87. The van der Waals surface area contributed by atoms with E-state index in [1.807, 2.05) is 0 Å². The third-order valence-corrected chi connectivity index (χ3v) is 3.11. The summed E-state index contributed by atoms with van der Waals surface area (Å²) in [4.78, 5) is 15.1. The van der Waals surface area contributed by atoms with E-state index in [2.05, 4.69) is 15.3 Å². The largest absolute Gasteiger partial charge is 0.481 e. The first kappa shape index (κ1) is 18.3. The van der Waals surface area contributed by atoms with Gasteiger partial charge >= 0.3 is 18.0 Å². The van der Waals surface area contributed by atoms with Crippen molar-refractivity contribution in [2.75, 3.05) is 5.73 Å². The summed E-state index contributed by atoms with van der Waals surface area (Å²) >= 11 is 0. The predicted octanol–water partition coefficient (Wildman–Crippen LogP) is -0.0408. The van der Waals surface area contributed by atoms with Crippen LogP contribution in [0.3, 0.4) is 0 Å². The molecule has 1 aromatic heterocycles. The fourth-order valence-electron chi connectivity index (χ4n) is 2.06. The number of aliphatic carboxylic acids is 1. The van der Waals surface area contributed by atoms with Crippen molar-refractivity contribution in [3.63, 3.8) is 0 Å². The number of amidine groups is 1. The van der Waals surface area contributed by atoms with Crippen LogP contribution in [0.1, 0.15) is 12.0 Å². The number of nitrogen functional groups attached to an aromatic ring is 1. The van der Waals surface area contributed by atoms with Gasteiger partial charge in [-0.3, -0.25) is 16.0 Å². The van der Waals surface area contributed by atoms with Crippen LogP contribution in [0.4, 0.5) is 19.0 Å². The maximum absolute atomic E-state index is 12.6. The van der Waals surface area contributed by atoms with E-state index >= 15 is 0 Å². The van der Waals surface area contributed by atoms with Gasteiger partial charge in [-0.15, -0.1) is 0 Å². The zero-order valence-electron chi connectivity index (χ0n) is 11.9. The molecule has 0 radical (unpaired) electrons. The van der Waals surface area contributed by atoms with Gasteiger partial charge in [-0.2, -0.15) is 13.2 Å². The number of carboxylic acid groups (broad SMARTS) is 1. The summed E-state index contributed by atoms with van der Waals surface area (Å²) < 4.78 is 37.9. The molecule has 8 nitrogen and oxygen atoms in total. The van der Waals surface area contributed by atoms with E-state index in [1.165, 1.54) is 18.3 Å². The van der Waals surface area contributed by atoms with Gasteiger partial charge < -0.3 is 10.8 Å². The zero-order chi connectivity index (χ0) is 17.6. The van der Waals surface area contributed by atoms with E-state index in [4.69, 9.17) is 22.1 Å². The van der Waals surface area contributed by atoms with Crippen molar-refractivity contribution in [3.05, 3.63) is 23.9 Å². The van der Waals surface area contributed by atoms with Crippen molar-refractivity contribution in [2.24, 2.45) is 28.0 Å². The topological polar surface area (TPSA) is 153 Å². The summed E-state index contributed by atoms with van der Waals surface area (Å²) in [7, 11) is 0. The van der Waals surface area contributed by atoms with E-state index in [0.29, 0.717) is 5.56 Å². The zero-order valence-corrected chi connectivity index (χ0v) is 11.9. The highest BCUT2D eigenvalue weighted by Gasteiger charge is 2.43. The number of carbonyl (C=O) groups is 1. The van der Waals surface area contributed by atoms with E-state index in [0.717, 1.165) is 0 Å². The van der Waals surface area contributed by atoms with E-state index in [-0.39, 0.29) is 12.2 Å². The molecule has 0 spiro atoms. The number of nitrogens with two attached hydrogens (primary N) is 3. The van der Waals surface area contributed by atoms with Crippen molar-refractivity contribution in [1.82, 2.24) is 4.98 Å². The second-order valence-corrected chi connectivity index (χ2v) is 4.81. The van der Waals surface area contributed by atoms with Gasteiger partial charge in [0.1, 0.15) is 5.82 Å². The molecule has 0 aliphatic carbocycles. The fraction of sp³-hybridized carbons (Fsp3) is 0.417. The standard InChI is InChI=1S/C12H15F3N6O2/c13-12(14,15)4-8(11(22)23)7(10(17)20-21-18)3-6-1-2-9(16)19-5-6/h1-2,5,7-8H,3-4H2,(H2,16,19)(H,22,23)(H3,17,18,20)/p+1. The third kappa shape index (κ3) is 5.88. The van der Waals surface area contributed by atoms with Crippen LogP contribution in [0, 0.1) is 11.8 Å². The maximum atomic E-state index is 12.6. The number of anilines is 1. The summed E-state index contributed by atoms with van der Waals surface area (Å²) in [6.45, 7) is 0. The summed E-state index contributed by atoms with van der Waals surface area (Å²) in [6, 6.07) is 2.95. The van der Waals surface area contributed by atoms with Crippen molar-refractivity contribution < 1.29 is 28.5 Å². The Balaban J connectivity index is 3.13. The SMILES string of the molecule is NN=NC(=[NH2+])C(Cc1ccc(N)nc1)C(CC(F)(F)F)C(=O)O. The number of nitrogens with zero attached hydrogens (tertiary/aromatic N) is 3. The molecule has 0 aliphatic heterocycles. The van der Waals surface area contributed by atoms with Gasteiger partial charge in [-0.05, 0) is 18.1 Å². The normalized spacial score (nSPS) is 14.6. The minimum absolute atomic E-state index is 0.134. The minimum atomic E-state index is -4.68. The summed E-state index contributed by atoms with van der Waals surface area (Å²) in [5.74, 6) is -0.0823. The van der Waals surface area contributed by atoms with E-state index in [9.17, 15) is 18.0 Å². The number of hydrogen-bond acceptors (Lipinski definition) is 4. The summed E-state index contributed by atoms with van der Waals surface area (Å²) in [6.07, 6.45) is -5.05. The van der Waals surface area contributed by atoms with Crippen molar-refractivity contribution in [1.29, 1.82) is 0 Å². The number of pyridine rings is 1. The Labute approximate surface area is 128 Å². The molecule has 2 atom stereocenters. The van der Waals surface area contributed by atoms with Crippen LogP contribution in [0.25, 0.3) is 0 Å². The first-order valence-electron chi connectivity index (χ1n) is 6.37. The van der Waals surface area contributed by atoms with Crippen molar-refractivity contribution in [3.8, 4) is 0 Å². The molecule has 0 bridgehead atoms. The molecule has 23 heavy (non-hydrogen) atoms. The Morgan fingerprint density at radius 2 is 2.04 bits per heavy atom. The molecule has 2 unspecified atom stereocenters. The van der Waals surface area contributed by atoms with E-state index in [1.54, 1.807) is 0 Å². The third-order valence-electron chi connectivity index (χ3n) is 3.11. The van der Waals surface area contributed by atoms with Gasteiger partial charge in [0.05, 0.1) is 23.4 Å². The Hall–Kier alpha value is -2.72. The number of aromatic nitrogens is 1. The lowest BCUT2D eigenvalue weighted by molar-refractivity contribution is -0.169. The molecule has 0 amide bonds. The number of rotatable bonds is 6. The van der Waals surface area contributed by atoms with Crippen LogP contribution < -0.4 is 17.0 Å². The van der Waals surface area contributed by atoms with Gasteiger partial charge in [-0.1, -0.05) is 6.07 Å². The fourth-order valence-corrected chi connectivity index (χ4v) is 2.06. The lowest BCUT2D eigenvalue weighted by Gasteiger charge is -2.20. The second-order valence-electron chi connectivity index (χ2n) is 4.81. The molecular weight excluding hydrogens is 317 g/mol. The number of halogens is 3. The van der Waals surface area contributed by atoms with Crippen LogP contribution in [0.5, 0.6) is 0 Å². The highest BCUT2D eigenvalue weighted by Crippen LogP contribution is 2.31. The molecule has 0 saturated heterocycles. The Kier molecular flexibility index (Phi) is 5.99. The van der Waals surface area contributed by atoms with Crippen LogP contribution in [0.2, 0.25) is 0 Å². The van der Waals surface area contributed by atoms with Crippen LogP contribution >= 0.6 is 0 Å². The highest BCUT2D eigenvalue weighted by molar-refractivity contribution is 5.85. The molecule has 1 rings (SSSR count). The molecule has 0 aliphatic rings. The molecule has 1 aromatic rings. The Morgan fingerprint density at radius 3 is 2.48 bits per heavy atom. The molecule has 1 heterocycles. The minimum Gasteiger partial charge on any atom is -0.481 e. The van der Waals surface area contributed by atoms with Gasteiger partial charge in [0.2, 0.25) is 0 Å². The van der Waals surface area contributed by atoms with Gasteiger partial charge in [0, 0.05) is 11.4 Å². The number of carboxylic acids is 1. The number of alkyl halides is 3. The lowest BCUT2D eigenvalue weighted by Crippen LogP contribution is -2.48. The van der Waals surface area contributed by atoms with Crippen molar-refractivity contribution in [2.45, 2.75) is 19.0 Å². The molecule has 7 N–H and O–H groups in total. The first-order chi connectivity index (χ1) is 10.6. The monoisotopic (exact) mass is 333 g/mol. The molecule has 0 aromatic carbocycles. The average molecular weight is 333 g/mol. The average Bonchev–Trinajstić information content (AvgIpc) is 2.43. The molecule has 0 saturated carbocycles. The van der Waals surface area contributed by atoms with Crippen LogP contribution in [-0.4, -0.2) is 28.1 Å². The first-order valence-corrected chi connectivity index (χ1v) is 6.37. The predicted molar refractivity (Wildman–Crippen MR) is 73.6 cm³/mol. The maximum Gasteiger partial charge on any atom is 0.389 e. The van der Waals surface area contributed by atoms with Gasteiger partial charge in [0.15, 0.2) is 0 Å². The van der Waals surface area contributed by atoms with Crippen molar-refractivity contribution >= 4 is 17.6 Å². The second kappa shape index (κ2) is 7.51. The van der Waals surface area contributed by atoms with E-state index < -0.39 is 36.2 Å². The summed E-state index contributed by atoms with van der Waals surface area (Å²) in [5, 5.41) is 20.9. The lowest BCUT2D eigenvalue weighted by atomic mass is 9.84.